The summed E-state index contributed by atoms with van der Waals surface area (Å²) in [5, 5.41) is -0.328. The van der Waals surface area contributed by atoms with Crippen LogP contribution in [0.5, 0.6) is 0 Å². The van der Waals surface area contributed by atoms with Gasteiger partial charge in [-0.3, -0.25) is 4.79 Å². The van der Waals surface area contributed by atoms with Crippen LogP contribution in [0.2, 0.25) is 0 Å². The second kappa shape index (κ2) is 5.83. The summed E-state index contributed by atoms with van der Waals surface area (Å²) in [7, 11) is 0. The van der Waals surface area contributed by atoms with Gasteiger partial charge in [0.1, 0.15) is 5.78 Å². The monoisotopic (exact) mass is 258 g/mol. The van der Waals surface area contributed by atoms with Gasteiger partial charge in [0.05, 0.1) is 11.3 Å². The van der Waals surface area contributed by atoms with Crippen molar-refractivity contribution >= 4 is 17.4 Å². The van der Waals surface area contributed by atoms with Gasteiger partial charge in [-0.15, -0.1) is 11.6 Å². The summed E-state index contributed by atoms with van der Waals surface area (Å²) in [6.07, 6.45) is 0. The minimum Gasteiger partial charge on any atom is -0.299 e. The Hall–Kier alpha value is -1.60. The first-order valence-electron chi connectivity index (χ1n) is 5.94. The molecular formula is C16H15ClO. The summed E-state index contributed by atoms with van der Waals surface area (Å²) in [4.78, 5) is 11.9. The molecule has 0 bridgehead atoms. The smallest absolute Gasteiger partial charge is 0.139 e. The van der Waals surface area contributed by atoms with Crippen molar-refractivity contribution in [1.82, 2.24) is 0 Å². The Morgan fingerprint density at radius 3 is 1.78 bits per heavy atom. The van der Waals surface area contributed by atoms with E-state index >= 15 is 0 Å². The molecule has 0 spiro atoms. The molecule has 0 saturated heterocycles. The number of hydrogen-bond donors (Lipinski definition) is 0. The summed E-state index contributed by atoms with van der Waals surface area (Å²) in [6, 6.07) is 19.4. The van der Waals surface area contributed by atoms with Crippen molar-refractivity contribution in [1.29, 1.82) is 0 Å². The molecule has 0 unspecified atom stereocenters. The van der Waals surface area contributed by atoms with Crippen molar-refractivity contribution in [3.8, 4) is 0 Å². The van der Waals surface area contributed by atoms with Crippen LogP contribution in [0.1, 0.15) is 29.3 Å². The Balaban J connectivity index is 2.35. The Bertz CT molecular complexity index is 507. The molecule has 1 nitrogen and oxygen atoms in total. The Labute approximate surface area is 112 Å². The third kappa shape index (κ3) is 2.80. The predicted octanol–water partition coefficient (Wildman–Crippen LogP) is 4.34. The quantitative estimate of drug-likeness (QED) is 0.746. The first kappa shape index (κ1) is 12.8. The summed E-state index contributed by atoms with van der Waals surface area (Å²) < 4.78 is 0. The lowest BCUT2D eigenvalue weighted by atomic mass is 9.88. The Kier molecular flexibility index (Phi) is 4.16. The standard InChI is InChI=1S/C16H15ClO/c1-12(18)15(13-8-4-2-5-9-13)16(17)14-10-6-3-7-11-14/h2-11,15-16H,1H3/t15-,16-/m1/s1. The maximum Gasteiger partial charge on any atom is 0.139 e. The van der Waals surface area contributed by atoms with E-state index in [1.807, 2.05) is 60.7 Å². The Morgan fingerprint density at radius 2 is 1.33 bits per heavy atom. The first-order valence-corrected chi connectivity index (χ1v) is 6.38. The van der Waals surface area contributed by atoms with E-state index in [0.29, 0.717) is 0 Å². The highest BCUT2D eigenvalue weighted by molar-refractivity contribution is 6.23. The van der Waals surface area contributed by atoms with Gasteiger partial charge in [0.15, 0.2) is 0 Å². The van der Waals surface area contributed by atoms with E-state index < -0.39 is 0 Å². The van der Waals surface area contributed by atoms with Crippen LogP contribution in [0.3, 0.4) is 0 Å². The highest BCUT2D eigenvalue weighted by Crippen LogP contribution is 2.36. The number of carbonyl (C=O) groups is 1. The fraction of sp³-hybridized carbons (Fsp3) is 0.188. The van der Waals surface area contributed by atoms with E-state index in [9.17, 15) is 4.79 Å². The molecule has 2 heteroatoms. The average molecular weight is 259 g/mol. The molecule has 92 valence electrons. The molecule has 0 aliphatic heterocycles. The summed E-state index contributed by atoms with van der Waals surface area (Å²) in [5.74, 6) is -0.208. The van der Waals surface area contributed by atoms with Gasteiger partial charge in [-0.1, -0.05) is 60.7 Å². The van der Waals surface area contributed by atoms with Gasteiger partial charge in [-0.2, -0.15) is 0 Å². The van der Waals surface area contributed by atoms with Crippen LogP contribution in [-0.4, -0.2) is 5.78 Å². The molecule has 0 amide bonds. The maximum absolute atomic E-state index is 11.9. The molecule has 18 heavy (non-hydrogen) atoms. The van der Waals surface area contributed by atoms with E-state index in [1.54, 1.807) is 6.92 Å². The largest absolute Gasteiger partial charge is 0.299 e. The van der Waals surface area contributed by atoms with E-state index in [4.69, 9.17) is 11.6 Å². The van der Waals surface area contributed by atoms with Gasteiger partial charge >= 0.3 is 0 Å². The molecule has 2 rings (SSSR count). The number of Topliss-reactive ketones (excluding diaryl/α,β-unsaturated/α-hetero) is 1. The average Bonchev–Trinajstić information content (AvgIpc) is 2.40. The van der Waals surface area contributed by atoms with E-state index in [-0.39, 0.29) is 17.1 Å². The fourth-order valence-corrected chi connectivity index (χ4v) is 2.57. The summed E-state index contributed by atoms with van der Waals surface area (Å²) >= 11 is 6.48. The zero-order valence-corrected chi connectivity index (χ0v) is 11.0. The third-order valence-electron chi connectivity index (χ3n) is 3.01. The Morgan fingerprint density at radius 1 is 0.889 bits per heavy atom. The van der Waals surface area contributed by atoms with Crippen LogP contribution in [0.25, 0.3) is 0 Å². The van der Waals surface area contributed by atoms with Crippen LogP contribution in [-0.2, 0) is 4.79 Å². The molecule has 2 atom stereocenters. The van der Waals surface area contributed by atoms with Crippen LogP contribution >= 0.6 is 11.6 Å². The molecule has 0 saturated carbocycles. The van der Waals surface area contributed by atoms with E-state index in [0.717, 1.165) is 11.1 Å². The minimum absolute atomic E-state index is 0.0880. The molecule has 0 radical (unpaired) electrons. The molecule has 2 aromatic carbocycles. The lowest BCUT2D eigenvalue weighted by molar-refractivity contribution is -0.118. The molecule has 0 aliphatic carbocycles. The molecule has 0 aromatic heterocycles. The number of ketones is 1. The van der Waals surface area contributed by atoms with Gasteiger partial charge in [0.25, 0.3) is 0 Å². The predicted molar refractivity (Wildman–Crippen MR) is 74.9 cm³/mol. The lowest BCUT2D eigenvalue weighted by Crippen LogP contribution is -2.14. The number of rotatable bonds is 4. The topological polar surface area (TPSA) is 17.1 Å². The van der Waals surface area contributed by atoms with Gasteiger partial charge < -0.3 is 0 Å². The van der Waals surface area contributed by atoms with Crippen molar-refractivity contribution in [2.75, 3.05) is 0 Å². The second-order valence-electron chi connectivity index (χ2n) is 4.31. The normalized spacial score (nSPS) is 13.9. The minimum atomic E-state index is -0.328. The van der Waals surface area contributed by atoms with Crippen molar-refractivity contribution in [3.05, 3.63) is 71.8 Å². The summed E-state index contributed by atoms with van der Waals surface area (Å²) in [6.45, 7) is 1.59. The third-order valence-corrected chi connectivity index (χ3v) is 3.51. The zero-order chi connectivity index (χ0) is 13.0. The highest BCUT2D eigenvalue weighted by Gasteiger charge is 2.26. The summed E-state index contributed by atoms with van der Waals surface area (Å²) in [5.41, 5.74) is 1.94. The van der Waals surface area contributed by atoms with Gasteiger partial charge in [0.2, 0.25) is 0 Å². The fourth-order valence-electron chi connectivity index (χ4n) is 2.10. The lowest BCUT2D eigenvalue weighted by Gasteiger charge is -2.20. The number of alkyl halides is 1. The number of hydrogen-bond acceptors (Lipinski definition) is 1. The van der Waals surface area contributed by atoms with Gasteiger partial charge in [-0.25, -0.2) is 0 Å². The SMILES string of the molecule is CC(=O)[C@H](c1ccccc1)[C@H](Cl)c1ccccc1. The van der Waals surface area contributed by atoms with Gasteiger partial charge in [0, 0.05) is 0 Å². The van der Waals surface area contributed by atoms with Crippen LogP contribution < -0.4 is 0 Å². The maximum atomic E-state index is 11.9. The molecule has 0 fully saturated rings. The van der Waals surface area contributed by atoms with Gasteiger partial charge in [-0.05, 0) is 18.1 Å². The van der Waals surface area contributed by atoms with Crippen molar-refractivity contribution in [2.24, 2.45) is 0 Å². The van der Waals surface area contributed by atoms with Crippen molar-refractivity contribution < 1.29 is 4.79 Å². The zero-order valence-electron chi connectivity index (χ0n) is 10.2. The molecule has 0 heterocycles. The van der Waals surface area contributed by atoms with Crippen LogP contribution in [0.15, 0.2) is 60.7 Å². The molecule has 0 aliphatic rings. The van der Waals surface area contributed by atoms with Crippen molar-refractivity contribution in [2.45, 2.75) is 18.2 Å². The molecular weight excluding hydrogens is 244 g/mol. The molecule has 0 N–H and O–H groups in total. The van der Waals surface area contributed by atoms with Crippen molar-refractivity contribution in [3.63, 3.8) is 0 Å². The van der Waals surface area contributed by atoms with Crippen LogP contribution in [0.4, 0.5) is 0 Å². The number of benzene rings is 2. The molecule has 2 aromatic rings. The second-order valence-corrected chi connectivity index (χ2v) is 4.78. The van der Waals surface area contributed by atoms with Crippen LogP contribution in [0, 0.1) is 0 Å². The number of carbonyl (C=O) groups excluding carboxylic acids is 1. The number of halogens is 1. The van der Waals surface area contributed by atoms with E-state index in [1.165, 1.54) is 0 Å². The first-order chi connectivity index (χ1) is 8.70. The highest BCUT2D eigenvalue weighted by atomic mass is 35.5. The van der Waals surface area contributed by atoms with E-state index in [2.05, 4.69) is 0 Å².